The molecule has 2 aromatic rings. The van der Waals surface area contributed by atoms with E-state index in [2.05, 4.69) is 29.2 Å². The van der Waals surface area contributed by atoms with Crippen LogP contribution < -0.4 is 0 Å². The Hall–Kier alpha value is -2.66. The first-order valence-electron chi connectivity index (χ1n) is 10.6. The van der Waals surface area contributed by atoms with Crippen LogP contribution in [0, 0.1) is 0 Å². The maximum Gasteiger partial charge on any atom is 0.253 e. The third kappa shape index (κ3) is 5.04. The predicted octanol–water partition coefficient (Wildman–Crippen LogP) is 3.16. The van der Waals surface area contributed by atoms with Crippen molar-refractivity contribution in [1.29, 1.82) is 0 Å². The van der Waals surface area contributed by atoms with Gasteiger partial charge in [-0.15, -0.1) is 0 Å². The van der Waals surface area contributed by atoms with Gasteiger partial charge in [0.05, 0.1) is 0 Å². The van der Waals surface area contributed by atoms with Crippen LogP contribution in [-0.4, -0.2) is 59.2 Å². The summed E-state index contributed by atoms with van der Waals surface area (Å²) in [4.78, 5) is 31.1. The number of benzene rings is 2. The second-order valence-electron chi connectivity index (χ2n) is 8.02. The van der Waals surface area contributed by atoms with E-state index in [0.29, 0.717) is 13.0 Å². The molecule has 0 aliphatic carbocycles. The van der Waals surface area contributed by atoms with Crippen LogP contribution in [0.25, 0.3) is 0 Å². The van der Waals surface area contributed by atoms with Crippen LogP contribution in [-0.2, 0) is 17.9 Å². The van der Waals surface area contributed by atoms with Crippen molar-refractivity contribution >= 4 is 11.8 Å². The summed E-state index contributed by atoms with van der Waals surface area (Å²) in [7, 11) is 0. The fourth-order valence-electron chi connectivity index (χ4n) is 4.20. The molecule has 2 heterocycles. The van der Waals surface area contributed by atoms with Gasteiger partial charge in [0, 0.05) is 57.8 Å². The Bertz CT molecular complexity index is 835. The SMILES string of the molecule is O=C1CCCN1Cc1ccc(C(=O)N2CCCN(Cc3ccccc3)CC2)cc1. The van der Waals surface area contributed by atoms with Crippen molar-refractivity contribution in [2.24, 2.45) is 0 Å². The number of carbonyl (C=O) groups is 2. The van der Waals surface area contributed by atoms with Crippen molar-refractivity contribution in [1.82, 2.24) is 14.7 Å². The predicted molar refractivity (Wildman–Crippen MR) is 113 cm³/mol. The van der Waals surface area contributed by atoms with Crippen LogP contribution in [0.4, 0.5) is 0 Å². The molecule has 2 fully saturated rings. The minimum atomic E-state index is 0.107. The van der Waals surface area contributed by atoms with E-state index in [1.807, 2.05) is 40.1 Å². The van der Waals surface area contributed by atoms with Crippen LogP contribution in [0.2, 0.25) is 0 Å². The fourth-order valence-corrected chi connectivity index (χ4v) is 4.20. The van der Waals surface area contributed by atoms with Gasteiger partial charge in [0.15, 0.2) is 0 Å². The summed E-state index contributed by atoms with van der Waals surface area (Å²) < 4.78 is 0. The molecule has 2 amide bonds. The van der Waals surface area contributed by atoms with Gasteiger partial charge in [-0.1, -0.05) is 42.5 Å². The molecule has 2 aliphatic rings. The summed E-state index contributed by atoms with van der Waals surface area (Å²) in [5.74, 6) is 0.338. The van der Waals surface area contributed by atoms with Crippen molar-refractivity contribution in [3.05, 3.63) is 71.3 Å². The van der Waals surface area contributed by atoms with E-state index in [1.165, 1.54) is 5.56 Å². The topological polar surface area (TPSA) is 43.9 Å². The third-order valence-electron chi connectivity index (χ3n) is 5.87. The average molecular weight is 392 g/mol. The highest BCUT2D eigenvalue weighted by Gasteiger charge is 2.22. The summed E-state index contributed by atoms with van der Waals surface area (Å²) in [6.45, 7) is 5.89. The third-order valence-corrected chi connectivity index (χ3v) is 5.87. The number of hydrogen-bond donors (Lipinski definition) is 0. The first-order chi connectivity index (χ1) is 14.2. The molecule has 152 valence electrons. The van der Waals surface area contributed by atoms with Crippen LogP contribution in [0.5, 0.6) is 0 Å². The molecule has 29 heavy (non-hydrogen) atoms. The summed E-state index contributed by atoms with van der Waals surface area (Å²) in [6, 6.07) is 18.3. The van der Waals surface area contributed by atoms with E-state index in [1.54, 1.807) is 0 Å². The van der Waals surface area contributed by atoms with Crippen molar-refractivity contribution < 1.29 is 9.59 Å². The van der Waals surface area contributed by atoms with Crippen molar-refractivity contribution in [3.8, 4) is 0 Å². The van der Waals surface area contributed by atoms with Crippen LogP contribution >= 0.6 is 0 Å². The Morgan fingerprint density at radius 3 is 2.24 bits per heavy atom. The minimum Gasteiger partial charge on any atom is -0.338 e. The summed E-state index contributed by atoms with van der Waals surface area (Å²) in [5.41, 5.74) is 3.14. The van der Waals surface area contributed by atoms with Gasteiger partial charge in [-0.25, -0.2) is 0 Å². The van der Waals surface area contributed by atoms with Crippen LogP contribution in [0.15, 0.2) is 54.6 Å². The second kappa shape index (κ2) is 9.23. The number of nitrogens with zero attached hydrogens (tertiary/aromatic N) is 3. The zero-order chi connectivity index (χ0) is 20.1. The Kier molecular flexibility index (Phi) is 6.25. The maximum absolute atomic E-state index is 13.0. The van der Waals surface area contributed by atoms with Crippen LogP contribution in [0.1, 0.15) is 40.7 Å². The van der Waals surface area contributed by atoms with Crippen LogP contribution in [0.3, 0.4) is 0 Å². The van der Waals surface area contributed by atoms with E-state index in [9.17, 15) is 9.59 Å². The lowest BCUT2D eigenvalue weighted by molar-refractivity contribution is -0.128. The van der Waals surface area contributed by atoms with Gasteiger partial charge in [0.2, 0.25) is 5.91 Å². The van der Waals surface area contributed by atoms with Gasteiger partial charge in [0.25, 0.3) is 5.91 Å². The van der Waals surface area contributed by atoms with Gasteiger partial charge in [-0.05, 0) is 36.1 Å². The zero-order valence-corrected chi connectivity index (χ0v) is 16.9. The Balaban J connectivity index is 1.32. The van der Waals surface area contributed by atoms with E-state index >= 15 is 0 Å². The molecule has 0 aromatic heterocycles. The summed E-state index contributed by atoms with van der Waals surface area (Å²) in [5, 5.41) is 0. The maximum atomic E-state index is 13.0. The molecule has 2 aliphatic heterocycles. The summed E-state index contributed by atoms with van der Waals surface area (Å²) >= 11 is 0. The first kappa shape index (κ1) is 19.6. The van der Waals surface area contributed by atoms with E-state index < -0.39 is 0 Å². The highest BCUT2D eigenvalue weighted by Crippen LogP contribution is 2.16. The molecule has 2 saturated heterocycles. The molecule has 0 unspecified atom stereocenters. The first-order valence-corrected chi connectivity index (χ1v) is 10.6. The number of hydrogen-bond acceptors (Lipinski definition) is 3. The number of amides is 2. The fraction of sp³-hybridized carbons (Fsp3) is 0.417. The molecular formula is C24H29N3O2. The van der Waals surface area contributed by atoms with E-state index in [-0.39, 0.29) is 11.8 Å². The quantitative estimate of drug-likeness (QED) is 0.786. The molecule has 4 rings (SSSR count). The number of rotatable bonds is 5. The smallest absolute Gasteiger partial charge is 0.253 e. The molecule has 0 saturated carbocycles. The van der Waals surface area contributed by atoms with Crippen molar-refractivity contribution in [2.45, 2.75) is 32.4 Å². The minimum absolute atomic E-state index is 0.107. The molecule has 0 spiro atoms. The number of likely N-dealkylation sites (tertiary alicyclic amines) is 1. The van der Waals surface area contributed by atoms with Crippen molar-refractivity contribution in [2.75, 3.05) is 32.7 Å². The molecule has 5 nitrogen and oxygen atoms in total. The molecule has 5 heteroatoms. The number of carbonyl (C=O) groups excluding carboxylic acids is 2. The lowest BCUT2D eigenvalue weighted by Crippen LogP contribution is -2.35. The molecular weight excluding hydrogens is 362 g/mol. The van der Waals surface area contributed by atoms with E-state index in [0.717, 1.165) is 63.2 Å². The largest absolute Gasteiger partial charge is 0.338 e. The van der Waals surface area contributed by atoms with Gasteiger partial charge in [-0.2, -0.15) is 0 Å². The molecule has 0 N–H and O–H groups in total. The lowest BCUT2D eigenvalue weighted by atomic mass is 10.1. The second-order valence-corrected chi connectivity index (χ2v) is 8.02. The Morgan fingerprint density at radius 1 is 0.759 bits per heavy atom. The standard InChI is InChI=1S/C24H29N3O2/c28-23-8-4-14-27(23)19-21-9-11-22(12-10-21)24(29)26-15-5-13-25(16-17-26)18-20-6-2-1-3-7-20/h1-3,6-7,9-12H,4-5,8,13-19H2. The van der Waals surface area contributed by atoms with Gasteiger partial charge in [0.1, 0.15) is 0 Å². The van der Waals surface area contributed by atoms with E-state index in [4.69, 9.17) is 0 Å². The Labute approximate surface area is 172 Å². The highest BCUT2D eigenvalue weighted by atomic mass is 16.2. The van der Waals surface area contributed by atoms with Crippen molar-refractivity contribution in [3.63, 3.8) is 0 Å². The molecule has 0 radical (unpaired) electrons. The monoisotopic (exact) mass is 391 g/mol. The van der Waals surface area contributed by atoms with Gasteiger partial charge >= 0.3 is 0 Å². The Morgan fingerprint density at radius 2 is 1.52 bits per heavy atom. The molecule has 0 atom stereocenters. The summed E-state index contributed by atoms with van der Waals surface area (Å²) in [6.07, 6.45) is 2.60. The average Bonchev–Trinajstić information content (AvgIpc) is 3.00. The highest BCUT2D eigenvalue weighted by molar-refractivity contribution is 5.94. The lowest BCUT2D eigenvalue weighted by Gasteiger charge is -2.22. The normalized spacial score (nSPS) is 18.1. The molecule has 2 aromatic carbocycles. The van der Waals surface area contributed by atoms with Gasteiger partial charge in [-0.3, -0.25) is 14.5 Å². The molecule has 0 bridgehead atoms. The van der Waals surface area contributed by atoms with Gasteiger partial charge < -0.3 is 9.80 Å². The zero-order valence-electron chi connectivity index (χ0n) is 16.9.